The highest BCUT2D eigenvalue weighted by molar-refractivity contribution is 7.87. The standard InChI is InChI=1S/C19H18N2O3S/c20-17-13-7-12-16(18(17)21)19(25(22,23)24,14-8-3-1-4-9-14)15-10-5-2-6-11-15/h1-13H,20-21H2,(H,22,23,24). The Bertz CT molecular complexity index is 948. The van der Waals surface area contributed by atoms with Crippen LogP contribution in [0.4, 0.5) is 11.4 Å². The molecule has 128 valence electrons. The average molecular weight is 354 g/mol. The minimum Gasteiger partial charge on any atom is -0.397 e. The molecule has 0 heterocycles. The summed E-state index contributed by atoms with van der Waals surface area (Å²) in [6, 6.07) is 21.7. The molecule has 5 N–H and O–H groups in total. The van der Waals surface area contributed by atoms with E-state index in [-0.39, 0.29) is 16.9 Å². The van der Waals surface area contributed by atoms with Crippen molar-refractivity contribution in [2.24, 2.45) is 0 Å². The van der Waals surface area contributed by atoms with E-state index in [1.807, 2.05) is 0 Å². The number of hydrogen-bond acceptors (Lipinski definition) is 4. The molecule has 0 fully saturated rings. The van der Waals surface area contributed by atoms with Crippen molar-refractivity contribution in [3.8, 4) is 0 Å². The van der Waals surface area contributed by atoms with E-state index in [2.05, 4.69) is 0 Å². The summed E-state index contributed by atoms with van der Waals surface area (Å²) in [5.41, 5.74) is 13.4. The number of hydrogen-bond donors (Lipinski definition) is 3. The normalized spacial score (nSPS) is 12.0. The van der Waals surface area contributed by atoms with Crippen LogP contribution in [0.5, 0.6) is 0 Å². The number of nitrogens with two attached hydrogens (primary N) is 2. The van der Waals surface area contributed by atoms with E-state index in [1.165, 1.54) is 0 Å². The molecule has 5 nitrogen and oxygen atoms in total. The van der Waals surface area contributed by atoms with E-state index >= 15 is 0 Å². The van der Waals surface area contributed by atoms with Gasteiger partial charge in [0, 0.05) is 5.56 Å². The Hall–Kier alpha value is -2.83. The molecule has 0 spiro atoms. The van der Waals surface area contributed by atoms with E-state index in [4.69, 9.17) is 11.5 Å². The molecule has 0 aromatic heterocycles. The molecule has 3 rings (SSSR count). The first kappa shape index (κ1) is 17.0. The van der Waals surface area contributed by atoms with Gasteiger partial charge in [-0.15, -0.1) is 0 Å². The Morgan fingerprint density at radius 1 is 0.720 bits per heavy atom. The third-order valence-corrected chi connectivity index (χ3v) is 5.73. The zero-order chi connectivity index (χ0) is 18.1. The highest BCUT2D eigenvalue weighted by Gasteiger charge is 2.49. The van der Waals surface area contributed by atoms with Gasteiger partial charge in [-0.3, -0.25) is 4.55 Å². The molecule has 0 saturated carbocycles. The average Bonchev–Trinajstić information content (AvgIpc) is 2.60. The molecular formula is C19H18N2O3S. The summed E-state index contributed by atoms with van der Waals surface area (Å²) in [5, 5.41) is 0. The summed E-state index contributed by atoms with van der Waals surface area (Å²) < 4.78 is 34.1. The molecule has 0 bridgehead atoms. The molecule has 0 saturated heterocycles. The lowest BCUT2D eigenvalue weighted by Crippen LogP contribution is -2.39. The van der Waals surface area contributed by atoms with Gasteiger partial charge in [0.15, 0.2) is 4.75 Å². The van der Waals surface area contributed by atoms with Gasteiger partial charge in [-0.2, -0.15) is 8.42 Å². The second-order valence-corrected chi connectivity index (χ2v) is 7.26. The molecule has 0 aliphatic carbocycles. The lowest BCUT2D eigenvalue weighted by Gasteiger charge is -2.33. The molecular weight excluding hydrogens is 336 g/mol. The van der Waals surface area contributed by atoms with Crippen LogP contribution in [-0.2, 0) is 14.9 Å². The smallest absolute Gasteiger partial charge is 0.283 e. The van der Waals surface area contributed by atoms with Crippen LogP contribution in [-0.4, -0.2) is 13.0 Å². The zero-order valence-corrected chi connectivity index (χ0v) is 14.1. The van der Waals surface area contributed by atoms with E-state index in [0.717, 1.165) is 0 Å². The Morgan fingerprint density at radius 2 is 1.20 bits per heavy atom. The van der Waals surface area contributed by atoms with Crippen molar-refractivity contribution in [3.05, 3.63) is 95.6 Å². The highest BCUT2D eigenvalue weighted by atomic mass is 32.2. The second-order valence-electron chi connectivity index (χ2n) is 5.70. The summed E-state index contributed by atoms with van der Waals surface area (Å²) in [6.07, 6.45) is 0. The first-order chi connectivity index (χ1) is 11.9. The first-order valence-electron chi connectivity index (χ1n) is 7.61. The van der Waals surface area contributed by atoms with Gasteiger partial charge in [-0.1, -0.05) is 72.8 Å². The third-order valence-electron chi connectivity index (χ3n) is 4.27. The van der Waals surface area contributed by atoms with Gasteiger partial charge in [0.2, 0.25) is 0 Å². The van der Waals surface area contributed by atoms with Crippen molar-refractivity contribution in [2.75, 3.05) is 11.5 Å². The maximum absolute atomic E-state index is 12.8. The Labute approximate surface area is 146 Å². The SMILES string of the molecule is Nc1cccc(C(c2ccccc2)(c2ccccc2)S(=O)(=O)O)c1N. The monoisotopic (exact) mass is 354 g/mol. The van der Waals surface area contributed by atoms with Gasteiger partial charge in [-0.05, 0) is 17.2 Å². The van der Waals surface area contributed by atoms with Gasteiger partial charge in [0.05, 0.1) is 11.4 Å². The molecule has 6 heteroatoms. The summed E-state index contributed by atoms with van der Waals surface area (Å²) in [5.74, 6) is 0. The Kier molecular flexibility index (Phi) is 4.24. The Balaban J connectivity index is 2.53. The predicted octanol–water partition coefficient (Wildman–Crippen LogP) is 3.03. The zero-order valence-electron chi connectivity index (χ0n) is 13.3. The predicted molar refractivity (Wildman–Crippen MR) is 99.6 cm³/mol. The fourth-order valence-corrected chi connectivity index (χ4v) is 4.47. The summed E-state index contributed by atoms with van der Waals surface area (Å²) in [4.78, 5) is 0. The number of anilines is 2. The summed E-state index contributed by atoms with van der Waals surface area (Å²) >= 11 is 0. The van der Waals surface area contributed by atoms with E-state index in [9.17, 15) is 13.0 Å². The number of rotatable bonds is 4. The molecule has 3 aromatic rings. The van der Waals surface area contributed by atoms with Crippen LogP contribution in [0, 0.1) is 0 Å². The van der Waals surface area contributed by atoms with Crippen molar-refractivity contribution in [1.82, 2.24) is 0 Å². The van der Waals surface area contributed by atoms with Crippen LogP contribution < -0.4 is 11.5 Å². The maximum Gasteiger partial charge on any atom is 0.283 e. The van der Waals surface area contributed by atoms with Crippen LogP contribution in [0.1, 0.15) is 16.7 Å². The third kappa shape index (κ3) is 2.65. The van der Waals surface area contributed by atoms with E-state index < -0.39 is 14.9 Å². The molecule has 3 aromatic carbocycles. The lowest BCUT2D eigenvalue weighted by molar-refractivity contribution is 0.459. The molecule has 0 amide bonds. The largest absolute Gasteiger partial charge is 0.397 e. The van der Waals surface area contributed by atoms with Crippen LogP contribution >= 0.6 is 0 Å². The van der Waals surface area contributed by atoms with Crippen molar-refractivity contribution < 1.29 is 13.0 Å². The van der Waals surface area contributed by atoms with Gasteiger partial charge < -0.3 is 11.5 Å². The van der Waals surface area contributed by atoms with E-state index in [1.54, 1.807) is 78.9 Å². The summed E-state index contributed by atoms with van der Waals surface area (Å²) in [7, 11) is -4.66. The van der Waals surface area contributed by atoms with Gasteiger partial charge in [-0.25, -0.2) is 0 Å². The van der Waals surface area contributed by atoms with E-state index in [0.29, 0.717) is 11.1 Å². The van der Waals surface area contributed by atoms with Crippen molar-refractivity contribution in [2.45, 2.75) is 4.75 Å². The highest BCUT2D eigenvalue weighted by Crippen LogP contribution is 2.46. The van der Waals surface area contributed by atoms with Gasteiger partial charge in [0.1, 0.15) is 0 Å². The van der Waals surface area contributed by atoms with Crippen LogP contribution in [0.2, 0.25) is 0 Å². The minimum absolute atomic E-state index is 0.118. The van der Waals surface area contributed by atoms with Gasteiger partial charge >= 0.3 is 0 Å². The lowest BCUT2D eigenvalue weighted by atomic mass is 9.83. The molecule has 25 heavy (non-hydrogen) atoms. The van der Waals surface area contributed by atoms with Gasteiger partial charge in [0.25, 0.3) is 10.1 Å². The van der Waals surface area contributed by atoms with Crippen LogP contribution in [0.3, 0.4) is 0 Å². The maximum atomic E-state index is 12.8. The first-order valence-corrected chi connectivity index (χ1v) is 9.05. The van der Waals surface area contributed by atoms with Crippen molar-refractivity contribution >= 4 is 21.5 Å². The topological polar surface area (TPSA) is 106 Å². The number of nitrogen functional groups attached to an aromatic ring is 2. The van der Waals surface area contributed by atoms with Crippen LogP contribution in [0.15, 0.2) is 78.9 Å². The fourth-order valence-electron chi connectivity index (χ4n) is 3.15. The molecule has 0 aliphatic rings. The number of benzene rings is 3. The second kappa shape index (κ2) is 6.23. The van der Waals surface area contributed by atoms with Crippen molar-refractivity contribution in [1.29, 1.82) is 0 Å². The quantitative estimate of drug-likeness (QED) is 0.379. The molecule has 0 aliphatic heterocycles. The van der Waals surface area contributed by atoms with Crippen molar-refractivity contribution in [3.63, 3.8) is 0 Å². The summed E-state index contributed by atoms with van der Waals surface area (Å²) in [6.45, 7) is 0. The van der Waals surface area contributed by atoms with Crippen LogP contribution in [0.25, 0.3) is 0 Å². The molecule has 0 unspecified atom stereocenters. The Morgan fingerprint density at radius 3 is 1.64 bits per heavy atom. The molecule has 0 radical (unpaired) electrons. The molecule has 0 atom stereocenters. The fraction of sp³-hybridized carbons (Fsp3) is 0.0526. The minimum atomic E-state index is -4.66. The number of para-hydroxylation sites is 1.